The third kappa shape index (κ3) is 3.71. The fourth-order valence-electron chi connectivity index (χ4n) is 1.77. The molecular formula is C13H17N5O2. The summed E-state index contributed by atoms with van der Waals surface area (Å²) in [5.74, 6) is 0.377. The maximum Gasteiger partial charge on any atom is 0.319 e. The zero-order valence-electron chi connectivity index (χ0n) is 11.4. The molecule has 2 heterocycles. The Bertz CT molecular complexity index is 556. The number of anilines is 1. The number of amides is 2. The Labute approximate surface area is 117 Å². The van der Waals surface area contributed by atoms with Crippen LogP contribution in [0.25, 0.3) is 0 Å². The Hall–Kier alpha value is -2.57. The Morgan fingerprint density at radius 3 is 3.00 bits per heavy atom. The van der Waals surface area contributed by atoms with Crippen molar-refractivity contribution >= 4 is 11.7 Å². The van der Waals surface area contributed by atoms with Crippen LogP contribution >= 0.6 is 0 Å². The SMILES string of the molecule is COc1ncccc1NC(=O)N[C@@H](C)Cn1cccn1. The Morgan fingerprint density at radius 2 is 2.30 bits per heavy atom. The summed E-state index contributed by atoms with van der Waals surface area (Å²) in [5.41, 5.74) is 0.527. The van der Waals surface area contributed by atoms with Crippen LogP contribution in [0.3, 0.4) is 0 Å². The molecule has 0 fully saturated rings. The van der Waals surface area contributed by atoms with Crippen LogP contribution in [-0.2, 0) is 6.54 Å². The van der Waals surface area contributed by atoms with E-state index in [-0.39, 0.29) is 12.1 Å². The quantitative estimate of drug-likeness (QED) is 0.866. The number of ether oxygens (including phenoxy) is 1. The average Bonchev–Trinajstić information content (AvgIpc) is 2.91. The van der Waals surface area contributed by atoms with E-state index < -0.39 is 0 Å². The molecule has 2 amide bonds. The van der Waals surface area contributed by atoms with E-state index in [9.17, 15) is 4.79 Å². The van der Waals surface area contributed by atoms with Crippen LogP contribution in [-0.4, -0.2) is 33.9 Å². The summed E-state index contributed by atoms with van der Waals surface area (Å²) >= 11 is 0. The van der Waals surface area contributed by atoms with E-state index in [1.54, 1.807) is 29.2 Å². The van der Waals surface area contributed by atoms with E-state index in [1.807, 2.05) is 19.2 Å². The summed E-state index contributed by atoms with van der Waals surface area (Å²) in [4.78, 5) is 15.9. The number of urea groups is 1. The number of nitrogens with zero attached hydrogens (tertiary/aromatic N) is 3. The van der Waals surface area contributed by atoms with Gasteiger partial charge in [0.05, 0.1) is 13.7 Å². The lowest BCUT2D eigenvalue weighted by Gasteiger charge is -2.15. The number of pyridine rings is 1. The number of hydrogen-bond acceptors (Lipinski definition) is 4. The molecule has 7 heteroatoms. The largest absolute Gasteiger partial charge is 0.480 e. The van der Waals surface area contributed by atoms with Crippen LogP contribution in [0.2, 0.25) is 0 Å². The fourth-order valence-corrected chi connectivity index (χ4v) is 1.77. The summed E-state index contributed by atoms with van der Waals surface area (Å²) in [5, 5.41) is 9.62. The number of rotatable bonds is 5. The minimum Gasteiger partial charge on any atom is -0.480 e. The molecule has 0 saturated heterocycles. The minimum atomic E-state index is -0.309. The number of carbonyl (C=O) groups excluding carboxylic acids is 1. The van der Waals surface area contributed by atoms with Crippen molar-refractivity contribution in [2.24, 2.45) is 0 Å². The molecule has 2 aromatic rings. The van der Waals surface area contributed by atoms with E-state index in [0.717, 1.165) is 0 Å². The molecule has 0 radical (unpaired) electrons. The zero-order chi connectivity index (χ0) is 14.4. The molecule has 0 unspecified atom stereocenters. The van der Waals surface area contributed by atoms with Crippen molar-refractivity contribution in [3.63, 3.8) is 0 Å². The second kappa shape index (κ2) is 6.55. The van der Waals surface area contributed by atoms with Crippen LogP contribution in [0.4, 0.5) is 10.5 Å². The van der Waals surface area contributed by atoms with E-state index in [1.165, 1.54) is 7.11 Å². The average molecular weight is 275 g/mol. The number of methoxy groups -OCH3 is 1. The molecule has 0 spiro atoms. The van der Waals surface area contributed by atoms with Gasteiger partial charge in [0.25, 0.3) is 0 Å². The summed E-state index contributed by atoms with van der Waals surface area (Å²) in [7, 11) is 1.51. The van der Waals surface area contributed by atoms with Crippen LogP contribution in [0.15, 0.2) is 36.8 Å². The molecular weight excluding hydrogens is 258 g/mol. The highest BCUT2D eigenvalue weighted by atomic mass is 16.5. The van der Waals surface area contributed by atoms with Crippen LogP contribution < -0.4 is 15.4 Å². The summed E-state index contributed by atoms with van der Waals surface area (Å²) in [6.07, 6.45) is 5.15. The maximum absolute atomic E-state index is 11.9. The van der Waals surface area contributed by atoms with Crippen molar-refractivity contribution in [1.82, 2.24) is 20.1 Å². The van der Waals surface area contributed by atoms with Crippen molar-refractivity contribution in [2.45, 2.75) is 19.5 Å². The first-order chi connectivity index (χ1) is 9.69. The summed E-state index contributed by atoms with van der Waals surface area (Å²) in [6, 6.07) is 4.93. The predicted octanol–water partition coefficient (Wildman–Crippen LogP) is 1.50. The highest BCUT2D eigenvalue weighted by Gasteiger charge is 2.11. The number of aromatic nitrogens is 3. The van der Waals surface area contributed by atoms with E-state index in [0.29, 0.717) is 18.1 Å². The van der Waals surface area contributed by atoms with Crippen molar-refractivity contribution in [3.05, 3.63) is 36.8 Å². The van der Waals surface area contributed by atoms with E-state index in [2.05, 4.69) is 20.7 Å². The Balaban J connectivity index is 1.88. The molecule has 7 nitrogen and oxygen atoms in total. The standard InChI is InChI=1S/C13H17N5O2/c1-10(9-18-8-4-7-15-18)16-13(19)17-11-5-3-6-14-12(11)20-2/h3-8,10H,9H2,1-2H3,(H2,16,17,19)/t10-/m0/s1. The minimum absolute atomic E-state index is 0.0578. The number of carbonyl (C=O) groups is 1. The second-order valence-electron chi connectivity index (χ2n) is 4.29. The van der Waals surface area contributed by atoms with Gasteiger partial charge in [-0.15, -0.1) is 0 Å². The first kappa shape index (κ1) is 13.9. The van der Waals surface area contributed by atoms with Gasteiger partial charge in [-0.25, -0.2) is 9.78 Å². The molecule has 0 aliphatic carbocycles. The highest BCUT2D eigenvalue weighted by Crippen LogP contribution is 2.19. The normalized spacial score (nSPS) is 11.7. The van der Waals surface area contributed by atoms with Crippen LogP contribution in [0.5, 0.6) is 5.88 Å². The third-order valence-electron chi connectivity index (χ3n) is 2.61. The van der Waals surface area contributed by atoms with Gasteiger partial charge in [-0.05, 0) is 25.1 Å². The molecule has 0 aromatic carbocycles. The zero-order valence-corrected chi connectivity index (χ0v) is 11.4. The molecule has 2 N–H and O–H groups in total. The van der Waals surface area contributed by atoms with Gasteiger partial charge in [0, 0.05) is 24.6 Å². The van der Waals surface area contributed by atoms with E-state index in [4.69, 9.17) is 4.74 Å². The van der Waals surface area contributed by atoms with Crippen molar-refractivity contribution in [2.75, 3.05) is 12.4 Å². The van der Waals surface area contributed by atoms with Gasteiger partial charge in [0.15, 0.2) is 0 Å². The number of hydrogen-bond donors (Lipinski definition) is 2. The van der Waals surface area contributed by atoms with Crippen LogP contribution in [0, 0.1) is 0 Å². The molecule has 0 saturated carbocycles. The lowest BCUT2D eigenvalue weighted by molar-refractivity contribution is 0.247. The van der Waals surface area contributed by atoms with Crippen molar-refractivity contribution in [3.8, 4) is 5.88 Å². The lowest BCUT2D eigenvalue weighted by Crippen LogP contribution is -2.38. The molecule has 0 aliphatic heterocycles. The maximum atomic E-state index is 11.9. The van der Waals surface area contributed by atoms with Gasteiger partial charge in [-0.1, -0.05) is 0 Å². The fraction of sp³-hybridized carbons (Fsp3) is 0.308. The molecule has 0 aliphatic rings. The third-order valence-corrected chi connectivity index (χ3v) is 2.61. The van der Waals surface area contributed by atoms with Gasteiger partial charge in [-0.3, -0.25) is 4.68 Å². The molecule has 2 rings (SSSR count). The summed E-state index contributed by atoms with van der Waals surface area (Å²) in [6.45, 7) is 2.51. The molecule has 0 bridgehead atoms. The molecule has 2 aromatic heterocycles. The first-order valence-electron chi connectivity index (χ1n) is 6.23. The first-order valence-corrected chi connectivity index (χ1v) is 6.23. The molecule has 20 heavy (non-hydrogen) atoms. The smallest absolute Gasteiger partial charge is 0.319 e. The van der Waals surface area contributed by atoms with E-state index >= 15 is 0 Å². The highest BCUT2D eigenvalue weighted by molar-refractivity contribution is 5.90. The van der Waals surface area contributed by atoms with Crippen molar-refractivity contribution < 1.29 is 9.53 Å². The number of nitrogens with one attached hydrogen (secondary N) is 2. The van der Waals surface area contributed by atoms with Gasteiger partial charge in [0.1, 0.15) is 5.69 Å². The lowest BCUT2D eigenvalue weighted by atomic mass is 10.3. The van der Waals surface area contributed by atoms with Gasteiger partial charge < -0.3 is 15.4 Å². The second-order valence-corrected chi connectivity index (χ2v) is 4.29. The molecule has 106 valence electrons. The van der Waals surface area contributed by atoms with Gasteiger partial charge in [0.2, 0.25) is 5.88 Å². The summed E-state index contributed by atoms with van der Waals surface area (Å²) < 4.78 is 6.83. The Morgan fingerprint density at radius 1 is 1.45 bits per heavy atom. The van der Waals surface area contributed by atoms with Gasteiger partial charge in [-0.2, -0.15) is 5.10 Å². The monoisotopic (exact) mass is 275 g/mol. The Kier molecular flexibility index (Phi) is 4.54. The van der Waals surface area contributed by atoms with Crippen molar-refractivity contribution in [1.29, 1.82) is 0 Å². The van der Waals surface area contributed by atoms with Crippen LogP contribution in [0.1, 0.15) is 6.92 Å². The predicted molar refractivity (Wildman–Crippen MR) is 74.6 cm³/mol. The molecule has 1 atom stereocenters. The topological polar surface area (TPSA) is 81.1 Å². The van der Waals surface area contributed by atoms with Gasteiger partial charge >= 0.3 is 6.03 Å².